The topological polar surface area (TPSA) is 17.0 Å². The Morgan fingerprint density at radius 1 is 1.11 bits per heavy atom. The number of aromatic nitrogens is 1. The van der Waals surface area contributed by atoms with Gasteiger partial charge >= 0.3 is 0 Å². The molecule has 0 aliphatic carbocycles. The Kier molecular flexibility index (Phi) is 4.82. The highest BCUT2D eigenvalue weighted by Crippen LogP contribution is 2.18. The van der Waals surface area contributed by atoms with Crippen molar-refractivity contribution in [1.29, 1.82) is 0 Å². The van der Waals surface area contributed by atoms with Crippen LogP contribution in [0.4, 0.5) is 0 Å². The molecule has 98 valence electrons. The first-order valence-electron chi connectivity index (χ1n) is 7.13. The van der Waals surface area contributed by atoms with Crippen molar-refractivity contribution in [3.63, 3.8) is 0 Å². The molecule has 0 aliphatic rings. The first-order valence-corrected chi connectivity index (χ1v) is 7.13. The fourth-order valence-corrected chi connectivity index (χ4v) is 2.36. The predicted molar refractivity (Wildman–Crippen MR) is 78.8 cm³/mol. The number of nitrogens with one attached hydrogen (secondary N) is 1. The molecule has 2 aromatic rings. The molecule has 2 rings (SSSR count). The van der Waals surface area contributed by atoms with Crippen LogP contribution in [0.3, 0.4) is 0 Å². The molecule has 0 spiro atoms. The summed E-state index contributed by atoms with van der Waals surface area (Å²) in [6, 6.07) is 9.03. The van der Waals surface area contributed by atoms with Crippen LogP contribution in [0.25, 0.3) is 10.9 Å². The Bertz CT molecular complexity index is 485. The van der Waals surface area contributed by atoms with Gasteiger partial charge in [0.05, 0.1) is 0 Å². The number of hydrogen-bond donors (Lipinski definition) is 1. The second kappa shape index (κ2) is 6.60. The van der Waals surface area contributed by atoms with Gasteiger partial charge in [-0.2, -0.15) is 0 Å². The lowest BCUT2D eigenvalue weighted by Gasteiger charge is -2.06. The second-order valence-corrected chi connectivity index (χ2v) is 4.89. The molecule has 18 heavy (non-hydrogen) atoms. The van der Waals surface area contributed by atoms with Gasteiger partial charge in [-0.05, 0) is 42.1 Å². The first-order chi connectivity index (χ1) is 8.85. The van der Waals surface area contributed by atoms with Crippen molar-refractivity contribution in [2.45, 2.75) is 46.2 Å². The molecule has 0 aliphatic heterocycles. The van der Waals surface area contributed by atoms with E-state index in [1.165, 1.54) is 35.7 Å². The highest BCUT2D eigenvalue weighted by Gasteiger charge is 2.01. The van der Waals surface area contributed by atoms with E-state index in [2.05, 4.69) is 54.2 Å². The third-order valence-corrected chi connectivity index (χ3v) is 3.42. The molecule has 2 nitrogen and oxygen atoms in total. The van der Waals surface area contributed by atoms with E-state index in [4.69, 9.17) is 0 Å². The normalized spacial score (nSPS) is 11.2. The molecule has 1 heterocycles. The third-order valence-electron chi connectivity index (χ3n) is 3.42. The number of fused-ring (bicyclic) bond motifs is 1. The maximum absolute atomic E-state index is 3.37. The fourth-order valence-electron chi connectivity index (χ4n) is 2.36. The van der Waals surface area contributed by atoms with Crippen LogP contribution in [-0.4, -0.2) is 11.1 Å². The van der Waals surface area contributed by atoms with Gasteiger partial charge in [-0.15, -0.1) is 0 Å². The minimum atomic E-state index is 0.966. The zero-order valence-corrected chi connectivity index (χ0v) is 11.6. The van der Waals surface area contributed by atoms with E-state index in [0.29, 0.717) is 0 Å². The van der Waals surface area contributed by atoms with E-state index in [9.17, 15) is 0 Å². The zero-order valence-electron chi connectivity index (χ0n) is 11.6. The minimum Gasteiger partial charge on any atom is -0.347 e. The van der Waals surface area contributed by atoms with Crippen molar-refractivity contribution in [3.8, 4) is 0 Å². The maximum Gasteiger partial charge on any atom is 0.0480 e. The van der Waals surface area contributed by atoms with E-state index in [0.717, 1.165) is 19.6 Å². The number of nitrogens with zero attached hydrogens (tertiary/aromatic N) is 1. The van der Waals surface area contributed by atoms with Gasteiger partial charge in [0.15, 0.2) is 0 Å². The monoisotopic (exact) mass is 244 g/mol. The van der Waals surface area contributed by atoms with Crippen LogP contribution in [0.1, 0.15) is 38.7 Å². The Labute approximate surface area is 110 Å². The smallest absolute Gasteiger partial charge is 0.0480 e. The van der Waals surface area contributed by atoms with Gasteiger partial charge in [-0.3, -0.25) is 0 Å². The first kappa shape index (κ1) is 13.2. The molecule has 0 fully saturated rings. The van der Waals surface area contributed by atoms with Gasteiger partial charge in [0.2, 0.25) is 0 Å². The van der Waals surface area contributed by atoms with Crippen molar-refractivity contribution in [3.05, 3.63) is 36.0 Å². The molecule has 0 radical (unpaired) electrons. The number of unbranched alkanes of at least 4 members (excludes halogenated alkanes) is 2. The molecule has 1 aromatic heterocycles. The summed E-state index contributed by atoms with van der Waals surface area (Å²) in [5, 5.41) is 4.73. The Balaban J connectivity index is 2.10. The standard InChI is InChI=1S/C16H24N2/c1-3-5-6-10-18-11-9-15-12-14(13-17-4-2)7-8-16(15)18/h7-9,11-12,17H,3-6,10,13H2,1-2H3. The summed E-state index contributed by atoms with van der Waals surface area (Å²) in [6.07, 6.45) is 6.10. The quantitative estimate of drug-likeness (QED) is 0.730. The summed E-state index contributed by atoms with van der Waals surface area (Å²) < 4.78 is 2.38. The molecular weight excluding hydrogens is 220 g/mol. The number of hydrogen-bond acceptors (Lipinski definition) is 1. The summed E-state index contributed by atoms with van der Waals surface area (Å²) in [5.41, 5.74) is 2.74. The Morgan fingerprint density at radius 3 is 2.78 bits per heavy atom. The van der Waals surface area contributed by atoms with Gasteiger partial charge < -0.3 is 9.88 Å². The molecule has 1 N–H and O–H groups in total. The molecule has 0 bridgehead atoms. The van der Waals surface area contributed by atoms with Crippen LogP contribution in [-0.2, 0) is 13.1 Å². The maximum atomic E-state index is 3.37. The average Bonchev–Trinajstić information content (AvgIpc) is 2.79. The highest BCUT2D eigenvalue weighted by atomic mass is 14.9. The minimum absolute atomic E-state index is 0.966. The lowest BCUT2D eigenvalue weighted by molar-refractivity contribution is 0.616. The van der Waals surface area contributed by atoms with Crippen LogP contribution in [0.5, 0.6) is 0 Å². The highest BCUT2D eigenvalue weighted by molar-refractivity contribution is 5.80. The lowest BCUT2D eigenvalue weighted by atomic mass is 10.1. The second-order valence-electron chi connectivity index (χ2n) is 4.89. The van der Waals surface area contributed by atoms with Crippen LogP contribution >= 0.6 is 0 Å². The molecule has 0 atom stereocenters. The van der Waals surface area contributed by atoms with Gasteiger partial charge in [-0.25, -0.2) is 0 Å². The van der Waals surface area contributed by atoms with Crippen molar-refractivity contribution in [2.24, 2.45) is 0 Å². The molecule has 0 unspecified atom stereocenters. The van der Waals surface area contributed by atoms with Gasteiger partial charge in [-0.1, -0.05) is 32.8 Å². The summed E-state index contributed by atoms with van der Waals surface area (Å²) >= 11 is 0. The van der Waals surface area contributed by atoms with E-state index in [-0.39, 0.29) is 0 Å². The van der Waals surface area contributed by atoms with Crippen LogP contribution in [0.2, 0.25) is 0 Å². The molecule has 2 heteroatoms. The van der Waals surface area contributed by atoms with Crippen molar-refractivity contribution in [1.82, 2.24) is 9.88 Å². The Morgan fingerprint density at radius 2 is 2.00 bits per heavy atom. The SMILES string of the molecule is CCCCCn1ccc2cc(CNCC)ccc21. The zero-order chi connectivity index (χ0) is 12.8. The molecule has 0 saturated heterocycles. The fraction of sp³-hybridized carbons (Fsp3) is 0.500. The summed E-state index contributed by atoms with van der Waals surface area (Å²) in [7, 11) is 0. The largest absolute Gasteiger partial charge is 0.347 e. The van der Waals surface area contributed by atoms with Crippen LogP contribution in [0.15, 0.2) is 30.5 Å². The lowest BCUT2D eigenvalue weighted by Crippen LogP contribution is -2.11. The average molecular weight is 244 g/mol. The Hall–Kier alpha value is -1.28. The number of benzene rings is 1. The number of rotatable bonds is 7. The summed E-state index contributed by atoms with van der Waals surface area (Å²) in [6.45, 7) is 7.52. The van der Waals surface area contributed by atoms with Gasteiger partial charge in [0.25, 0.3) is 0 Å². The van der Waals surface area contributed by atoms with E-state index < -0.39 is 0 Å². The van der Waals surface area contributed by atoms with Crippen molar-refractivity contribution < 1.29 is 0 Å². The van der Waals surface area contributed by atoms with E-state index in [1.807, 2.05) is 0 Å². The van der Waals surface area contributed by atoms with Crippen LogP contribution in [0, 0.1) is 0 Å². The third kappa shape index (κ3) is 3.14. The predicted octanol–water partition coefficient (Wildman–Crippen LogP) is 3.94. The van der Waals surface area contributed by atoms with Gasteiger partial charge in [0, 0.05) is 24.8 Å². The van der Waals surface area contributed by atoms with Crippen LogP contribution < -0.4 is 5.32 Å². The van der Waals surface area contributed by atoms with Gasteiger partial charge in [0.1, 0.15) is 0 Å². The summed E-state index contributed by atoms with van der Waals surface area (Å²) in [4.78, 5) is 0. The number of aryl methyl sites for hydroxylation is 1. The molecule has 0 saturated carbocycles. The van der Waals surface area contributed by atoms with E-state index >= 15 is 0 Å². The molecular formula is C16H24N2. The van der Waals surface area contributed by atoms with Crippen molar-refractivity contribution >= 4 is 10.9 Å². The van der Waals surface area contributed by atoms with Crippen molar-refractivity contribution in [2.75, 3.05) is 6.54 Å². The summed E-state index contributed by atoms with van der Waals surface area (Å²) in [5.74, 6) is 0. The van der Waals surface area contributed by atoms with E-state index in [1.54, 1.807) is 0 Å². The molecule has 0 amide bonds. The molecule has 1 aromatic carbocycles.